The Bertz CT molecular complexity index is 758. The summed E-state index contributed by atoms with van der Waals surface area (Å²) in [5.74, 6) is 0.272. The molecule has 3 heterocycles. The average Bonchev–Trinajstić information content (AvgIpc) is 3.19. The Morgan fingerprint density at radius 3 is 2.67 bits per heavy atom. The van der Waals surface area contributed by atoms with Gasteiger partial charge in [-0.15, -0.1) is 11.3 Å². The highest BCUT2D eigenvalue weighted by Crippen LogP contribution is 2.30. The minimum absolute atomic E-state index is 0.0472. The number of halogens is 3. The predicted octanol–water partition coefficient (Wildman–Crippen LogP) is 2.99. The lowest BCUT2D eigenvalue weighted by molar-refractivity contribution is -0.137. The number of pyridine rings is 1. The topological polar surface area (TPSA) is 48.5 Å². The number of amides is 1. The lowest BCUT2D eigenvalue weighted by Gasteiger charge is -2.38. The molecule has 27 heavy (non-hydrogen) atoms. The highest BCUT2D eigenvalue weighted by atomic mass is 32.1. The van der Waals surface area contributed by atoms with Gasteiger partial charge in [0.25, 0.3) is 0 Å². The Balaban J connectivity index is 1.53. The molecule has 1 N–H and O–H groups in total. The van der Waals surface area contributed by atoms with Crippen LogP contribution in [0.25, 0.3) is 0 Å². The van der Waals surface area contributed by atoms with Gasteiger partial charge in [-0.25, -0.2) is 4.98 Å². The zero-order valence-corrected chi connectivity index (χ0v) is 15.7. The molecule has 0 saturated carbocycles. The van der Waals surface area contributed by atoms with Crippen LogP contribution in [0.5, 0.6) is 0 Å². The highest BCUT2D eigenvalue weighted by Gasteiger charge is 2.32. The smallest absolute Gasteiger partial charge is 0.354 e. The summed E-state index contributed by atoms with van der Waals surface area (Å²) in [5.41, 5.74) is -0.698. The SMILES string of the molecule is CC(C(=O)NCc1cccs1)N1CCN(c2cc(C(F)(F)F)ccn2)CC1. The van der Waals surface area contributed by atoms with Crippen molar-refractivity contribution in [2.24, 2.45) is 0 Å². The Morgan fingerprint density at radius 1 is 1.30 bits per heavy atom. The fraction of sp³-hybridized carbons (Fsp3) is 0.444. The molecule has 1 fully saturated rings. The molecular weight excluding hydrogens is 377 g/mol. The van der Waals surface area contributed by atoms with E-state index in [0.717, 1.165) is 17.0 Å². The van der Waals surface area contributed by atoms with Crippen LogP contribution in [-0.2, 0) is 17.5 Å². The van der Waals surface area contributed by atoms with Crippen molar-refractivity contribution in [1.29, 1.82) is 0 Å². The third-order valence-corrected chi connectivity index (χ3v) is 5.53. The third kappa shape index (κ3) is 4.98. The third-order valence-electron chi connectivity index (χ3n) is 4.66. The number of nitrogens with one attached hydrogen (secondary N) is 1. The molecule has 146 valence electrons. The lowest BCUT2D eigenvalue weighted by atomic mass is 10.2. The van der Waals surface area contributed by atoms with Gasteiger partial charge in [0.05, 0.1) is 18.2 Å². The number of piperazine rings is 1. The largest absolute Gasteiger partial charge is 0.416 e. The van der Waals surface area contributed by atoms with Gasteiger partial charge >= 0.3 is 6.18 Å². The Morgan fingerprint density at radius 2 is 2.04 bits per heavy atom. The monoisotopic (exact) mass is 398 g/mol. The minimum atomic E-state index is -4.38. The summed E-state index contributed by atoms with van der Waals surface area (Å²) in [6.45, 7) is 4.58. The van der Waals surface area contributed by atoms with E-state index in [2.05, 4.69) is 10.3 Å². The van der Waals surface area contributed by atoms with Crippen molar-refractivity contribution in [1.82, 2.24) is 15.2 Å². The van der Waals surface area contributed by atoms with Crippen LogP contribution < -0.4 is 10.2 Å². The van der Waals surface area contributed by atoms with Crippen LogP contribution in [0, 0.1) is 0 Å². The van der Waals surface area contributed by atoms with E-state index in [1.165, 1.54) is 6.20 Å². The van der Waals surface area contributed by atoms with Gasteiger partial charge in [-0.3, -0.25) is 9.69 Å². The fourth-order valence-electron chi connectivity index (χ4n) is 3.01. The van der Waals surface area contributed by atoms with Crippen molar-refractivity contribution in [3.63, 3.8) is 0 Å². The molecule has 2 aromatic rings. The van der Waals surface area contributed by atoms with E-state index in [1.54, 1.807) is 11.3 Å². The first kappa shape index (κ1) is 19.6. The van der Waals surface area contributed by atoms with Crippen LogP contribution in [0.2, 0.25) is 0 Å². The molecule has 2 aromatic heterocycles. The summed E-state index contributed by atoms with van der Waals surface area (Å²) in [5, 5.41) is 4.89. The molecule has 1 unspecified atom stereocenters. The van der Waals surface area contributed by atoms with Crippen molar-refractivity contribution in [3.8, 4) is 0 Å². The van der Waals surface area contributed by atoms with E-state index in [4.69, 9.17) is 0 Å². The summed E-state index contributed by atoms with van der Waals surface area (Å²) in [4.78, 5) is 21.4. The Labute approximate surface area is 159 Å². The summed E-state index contributed by atoms with van der Waals surface area (Å²) in [6.07, 6.45) is -3.19. The number of alkyl halides is 3. The van der Waals surface area contributed by atoms with Gasteiger partial charge in [-0.05, 0) is 30.5 Å². The molecule has 0 bridgehead atoms. The van der Waals surface area contributed by atoms with E-state index in [9.17, 15) is 18.0 Å². The number of hydrogen-bond acceptors (Lipinski definition) is 5. The van der Waals surface area contributed by atoms with Crippen molar-refractivity contribution in [2.45, 2.75) is 25.7 Å². The first-order chi connectivity index (χ1) is 12.8. The number of nitrogens with zero attached hydrogens (tertiary/aromatic N) is 3. The zero-order valence-electron chi connectivity index (χ0n) is 14.9. The molecule has 5 nitrogen and oxygen atoms in total. The predicted molar refractivity (Wildman–Crippen MR) is 98.7 cm³/mol. The van der Waals surface area contributed by atoms with Crippen LogP contribution in [0.4, 0.5) is 19.0 Å². The standard InChI is InChI=1S/C18H21F3N4OS/c1-13(17(26)23-12-15-3-2-10-27-15)24-6-8-25(9-7-24)16-11-14(4-5-22-16)18(19,20)21/h2-5,10-11,13H,6-9,12H2,1H3,(H,23,26). The van der Waals surface area contributed by atoms with Crippen LogP contribution in [0.1, 0.15) is 17.4 Å². The molecule has 9 heteroatoms. The lowest BCUT2D eigenvalue weighted by Crippen LogP contribution is -2.54. The van der Waals surface area contributed by atoms with Crippen molar-refractivity contribution in [3.05, 3.63) is 46.3 Å². The van der Waals surface area contributed by atoms with Gasteiger partial charge in [0, 0.05) is 37.3 Å². The molecule has 0 aromatic carbocycles. The maximum absolute atomic E-state index is 12.9. The Kier molecular flexibility index (Phi) is 6.01. The van der Waals surface area contributed by atoms with Gasteiger partial charge in [0.1, 0.15) is 5.82 Å². The van der Waals surface area contributed by atoms with Crippen LogP contribution in [0.3, 0.4) is 0 Å². The van der Waals surface area contributed by atoms with E-state index in [1.807, 2.05) is 34.2 Å². The van der Waals surface area contributed by atoms with Gasteiger partial charge in [0.2, 0.25) is 5.91 Å². The number of thiophene rings is 1. The summed E-state index contributed by atoms with van der Waals surface area (Å²) < 4.78 is 38.6. The summed E-state index contributed by atoms with van der Waals surface area (Å²) in [7, 11) is 0. The number of anilines is 1. The van der Waals surface area contributed by atoms with Crippen molar-refractivity contribution in [2.75, 3.05) is 31.1 Å². The van der Waals surface area contributed by atoms with Crippen molar-refractivity contribution >= 4 is 23.1 Å². The van der Waals surface area contributed by atoms with Gasteiger partial charge in [0.15, 0.2) is 0 Å². The van der Waals surface area contributed by atoms with Gasteiger partial charge in [-0.2, -0.15) is 13.2 Å². The average molecular weight is 398 g/mol. The first-order valence-electron chi connectivity index (χ1n) is 8.67. The molecule has 0 aliphatic carbocycles. The fourth-order valence-corrected chi connectivity index (χ4v) is 3.65. The number of aromatic nitrogens is 1. The molecule has 1 aliphatic heterocycles. The van der Waals surface area contributed by atoms with E-state index in [0.29, 0.717) is 38.5 Å². The maximum Gasteiger partial charge on any atom is 0.416 e. The first-order valence-corrected chi connectivity index (χ1v) is 9.55. The second kappa shape index (κ2) is 8.26. The number of carbonyl (C=O) groups is 1. The molecule has 3 rings (SSSR count). The second-order valence-corrected chi connectivity index (χ2v) is 7.43. The van der Waals surface area contributed by atoms with Crippen LogP contribution >= 0.6 is 11.3 Å². The highest BCUT2D eigenvalue weighted by molar-refractivity contribution is 7.09. The number of carbonyl (C=O) groups excluding carboxylic acids is 1. The normalized spacial score (nSPS) is 17.0. The molecule has 1 amide bonds. The number of rotatable bonds is 5. The molecule has 0 spiro atoms. The zero-order chi connectivity index (χ0) is 19.4. The van der Waals surface area contributed by atoms with Gasteiger partial charge in [-0.1, -0.05) is 6.07 Å². The maximum atomic E-state index is 12.9. The minimum Gasteiger partial charge on any atom is -0.354 e. The Hall–Kier alpha value is -2.13. The van der Waals surface area contributed by atoms with E-state index >= 15 is 0 Å². The van der Waals surface area contributed by atoms with E-state index in [-0.39, 0.29) is 11.9 Å². The van der Waals surface area contributed by atoms with Crippen LogP contribution in [0.15, 0.2) is 35.8 Å². The second-order valence-electron chi connectivity index (χ2n) is 6.40. The quantitative estimate of drug-likeness (QED) is 0.841. The molecule has 0 radical (unpaired) electrons. The number of hydrogen-bond donors (Lipinski definition) is 1. The van der Waals surface area contributed by atoms with E-state index < -0.39 is 11.7 Å². The molecule has 1 aliphatic rings. The molecule has 1 atom stereocenters. The van der Waals surface area contributed by atoms with Crippen LogP contribution in [-0.4, -0.2) is 48.0 Å². The van der Waals surface area contributed by atoms with Gasteiger partial charge < -0.3 is 10.2 Å². The molecule has 1 saturated heterocycles. The van der Waals surface area contributed by atoms with Crippen molar-refractivity contribution < 1.29 is 18.0 Å². The molecular formula is C18H21F3N4OS. The summed E-state index contributed by atoms with van der Waals surface area (Å²) in [6, 6.07) is 5.67. The summed E-state index contributed by atoms with van der Waals surface area (Å²) >= 11 is 1.59.